The van der Waals surface area contributed by atoms with E-state index >= 15 is 0 Å². The zero-order chi connectivity index (χ0) is 18.8. The number of allylic oxidation sites excluding steroid dienone is 2. The number of hydrogen-bond donors (Lipinski definition) is 1. The first kappa shape index (κ1) is 16.6. The Morgan fingerprint density at radius 1 is 0.963 bits per heavy atom. The summed E-state index contributed by atoms with van der Waals surface area (Å²) < 4.78 is 10.5. The van der Waals surface area contributed by atoms with Gasteiger partial charge in [0.25, 0.3) is 11.8 Å². The molecule has 7 heteroatoms. The van der Waals surface area contributed by atoms with E-state index in [0.29, 0.717) is 11.5 Å². The molecule has 0 aromatic heterocycles. The Labute approximate surface area is 154 Å². The highest BCUT2D eigenvalue weighted by atomic mass is 16.7. The number of imide groups is 2. The van der Waals surface area contributed by atoms with Gasteiger partial charge in [0, 0.05) is 6.07 Å². The maximum absolute atomic E-state index is 12.8. The Balaban J connectivity index is 1.63. The number of benzene rings is 2. The molecule has 2 aromatic carbocycles. The first-order chi connectivity index (χ1) is 13.1. The fraction of sp³-hybridized carbons (Fsp3) is 0.0500. The van der Waals surface area contributed by atoms with Gasteiger partial charge < -0.3 is 9.47 Å². The second kappa shape index (κ2) is 6.80. The number of amides is 4. The number of nitrogens with one attached hydrogen (secondary N) is 1. The van der Waals surface area contributed by atoms with Gasteiger partial charge in [-0.3, -0.25) is 14.9 Å². The molecule has 0 aliphatic carbocycles. The third-order valence-electron chi connectivity index (χ3n) is 4.07. The minimum atomic E-state index is -0.812. The summed E-state index contributed by atoms with van der Waals surface area (Å²) in [4.78, 5) is 38.0. The average molecular weight is 362 g/mol. The molecule has 4 amide bonds. The molecule has 0 radical (unpaired) electrons. The molecule has 7 nitrogen and oxygen atoms in total. The van der Waals surface area contributed by atoms with Gasteiger partial charge in [-0.25, -0.2) is 9.69 Å². The minimum Gasteiger partial charge on any atom is -0.454 e. The van der Waals surface area contributed by atoms with Gasteiger partial charge in [-0.05, 0) is 23.8 Å². The molecule has 1 fully saturated rings. The molecule has 4 rings (SSSR count). The Hall–Kier alpha value is -3.87. The fourth-order valence-electron chi connectivity index (χ4n) is 2.76. The molecule has 0 spiro atoms. The Bertz CT molecular complexity index is 995. The summed E-state index contributed by atoms with van der Waals surface area (Å²) in [6.07, 6.45) is 4.74. The highest BCUT2D eigenvalue weighted by Gasteiger charge is 2.37. The van der Waals surface area contributed by atoms with Crippen LogP contribution in [0.3, 0.4) is 0 Å². The lowest BCUT2D eigenvalue weighted by atomic mass is 10.1. The van der Waals surface area contributed by atoms with Crippen molar-refractivity contribution in [3.05, 3.63) is 71.8 Å². The minimum absolute atomic E-state index is 0.0762. The van der Waals surface area contributed by atoms with Crippen LogP contribution >= 0.6 is 0 Å². The zero-order valence-corrected chi connectivity index (χ0v) is 14.0. The molecule has 134 valence electrons. The van der Waals surface area contributed by atoms with E-state index in [2.05, 4.69) is 5.32 Å². The van der Waals surface area contributed by atoms with Crippen LogP contribution in [0.5, 0.6) is 11.5 Å². The molecule has 1 N–H and O–H groups in total. The van der Waals surface area contributed by atoms with Crippen molar-refractivity contribution in [2.24, 2.45) is 0 Å². The van der Waals surface area contributed by atoms with E-state index in [4.69, 9.17) is 9.47 Å². The lowest BCUT2D eigenvalue weighted by molar-refractivity contribution is -0.122. The van der Waals surface area contributed by atoms with E-state index in [-0.39, 0.29) is 18.1 Å². The van der Waals surface area contributed by atoms with Crippen LogP contribution in [-0.2, 0) is 9.59 Å². The summed E-state index contributed by atoms with van der Waals surface area (Å²) in [5, 5.41) is 2.18. The largest absolute Gasteiger partial charge is 0.454 e. The number of ether oxygens (including phenoxy) is 2. The van der Waals surface area contributed by atoms with Crippen molar-refractivity contribution in [3.8, 4) is 11.5 Å². The topological polar surface area (TPSA) is 84.9 Å². The van der Waals surface area contributed by atoms with Gasteiger partial charge >= 0.3 is 6.03 Å². The third kappa shape index (κ3) is 3.18. The lowest BCUT2D eigenvalue weighted by Crippen LogP contribution is -2.54. The molecule has 27 heavy (non-hydrogen) atoms. The van der Waals surface area contributed by atoms with Crippen LogP contribution in [0, 0.1) is 0 Å². The van der Waals surface area contributed by atoms with Crippen molar-refractivity contribution < 1.29 is 23.9 Å². The number of barbiturate groups is 1. The maximum Gasteiger partial charge on any atom is 0.335 e. The van der Waals surface area contributed by atoms with Gasteiger partial charge in [0.15, 0.2) is 11.5 Å². The van der Waals surface area contributed by atoms with Crippen LogP contribution in [0.1, 0.15) is 5.56 Å². The van der Waals surface area contributed by atoms with Crippen LogP contribution in [-0.4, -0.2) is 24.6 Å². The van der Waals surface area contributed by atoms with E-state index < -0.39 is 17.8 Å². The molecule has 0 unspecified atom stereocenters. The Morgan fingerprint density at radius 2 is 1.74 bits per heavy atom. The Morgan fingerprint density at radius 3 is 2.56 bits per heavy atom. The number of rotatable bonds is 3. The van der Waals surface area contributed by atoms with Crippen LogP contribution in [0.25, 0.3) is 6.08 Å². The summed E-state index contributed by atoms with van der Waals surface area (Å²) in [5.41, 5.74) is 1.06. The van der Waals surface area contributed by atoms with Crippen molar-refractivity contribution in [3.63, 3.8) is 0 Å². The van der Waals surface area contributed by atoms with E-state index in [1.165, 1.54) is 12.1 Å². The normalized spacial score (nSPS) is 17.7. The van der Waals surface area contributed by atoms with Crippen LogP contribution in [0.4, 0.5) is 10.5 Å². The molecule has 0 saturated carbocycles. The summed E-state index contributed by atoms with van der Waals surface area (Å²) >= 11 is 0. The van der Waals surface area contributed by atoms with Crippen LogP contribution in [0.2, 0.25) is 0 Å². The second-order valence-corrected chi connectivity index (χ2v) is 5.79. The van der Waals surface area contributed by atoms with E-state index in [0.717, 1.165) is 10.5 Å². The molecular formula is C20H14N2O5. The molecule has 2 aromatic rings. The number of urea groups is 1. The predicted octanol–water partition coefficient (Wildman–Crippen LogP) is 2.64. The van der Waals surface area contributed by atoms with Crippen molar-refractivity contribution in [2.45, 2.75) is 0 Å². The van der Waals surface area contributed by atoms with Crippen LogP contribution in [0.15, 0.2) is 66.3 Å². The number of carbonyl (C=O) groups is 3. The smallest absolute Gasteiger partial charge is 0.335 e. The summed E-state index contributed by atoms with van der Waals surface area (Å²) in [7, 11) is 0. The number of hydrogen-bond acceptors (Lipinski definition) is 5. The third-order valence-corrected chi connectivity index (χ3v) is 4.07. The first-order valence-electron chi connectivity index (χ1n) is 8.16. The molecule has 1 saturated heterocycles. The number of anilines is 1. The number of nitrogens with zero attached hydrogens (tertiary/aromatic N) is 1. The van der Waals surface area contributed by atoms with Gasteiger partial charge in [-0.15, -0.1) is 0 Å². The summed E-state index contributed by atoms with van der Waals surface area (Å²) in [6.45, 7) is 0.0762. The van der Waals surface area contributed by atoms with E-state index in [1.54, 1.807) is 24.3 Å². The SMILES string of the molecule is O=C1NC(=O)N(c2ccc3c(c2)OCO3)C(=O)/C1=C/C=C/c1ccccc1. The van der Waals surface area contributed by atoms with Gasteiger partial charge in [0.1, 0.15) is 5.57 Å². The van der Waals surface area contributed by atoms with Crippen molar-refractivity contribution in [1.29, 1.82) is 0 Å². The summed E-state index contributed by atoms with van der Waals surface area (Å²) in [6, 6.07) is 13.3. The molecule has 2 aliphatic rings. The molecular weight excluding hydrogens is 348 g/mol. The average Bonchev–Trinajstić information content (AvgIpc) is 3.13. The van der Waals surface area contributed by atoms with E-state index in [9.17, 15) is 14.4 Å². The summed E-state index contributed by atoms with van der Waals surface area (Å²) in [5.74, 6) is -0.485. The van der Waals surface area contributed by atoms with Crippen molar-refractivity contribution in [2.75, 3.05) is 11.7 Å². The number of fused-ring (bicyclic) bond motifs is 1. The second-order valence-electron chi connectivity index (χ2n) is 5.79. The predicted molar refractivity (Wildman–Crippen MR) is 97.1 cm³/mol. The quantitative estimate of drug-likeness (QED) is 0.670. The standard InChI is InChI=1S/C20H14N2O5/c23-18-15(8-4-7-13-5-2-1-3-6-13)19(24)22(20(25)21-18)14-9-10-16-17(11-14)27-12-26-16/h1-11H,12H2,(H,21,23,25)/b7-4+,15-8+. The monoisotopic (exact) mass is 362 g/mol. The van der Waals surface area contributed by atoms with Crippen molar-refractivity contribution >= 4 is 29.6 Å². The number of carbonyl (C=O) groups excluding carboxylic acids is 3. The van der Waals surface area contributed by atoms with E-state index in [1.807, 2.05) is 30.3 Å². The highest BCUT2D eigenvalue weighted by molar-refractivity contribution is 6.37. The van der Waals surface area contributed by atoms with Gasteiger partial charge in [0.05, 0.1) is 5.69 Å². The highest BCUT2D eigenvalue weighted by Crippen LogP contribution is 2.36. The fourth-order valence-corrected chi connectivity index (χ4v) is 2.76. The molecule has 2 aliphatic heterocycles. The molecule has 0 bridgehead atoms. The zero-order valence-electron chi connectivity index (χ0n) is 14.0. The van der Waals surface area contributed by atoms with Crippen molar-refractivity contribution in [1.82, 2.24) is 5.32 Å². The molecule has 0 atom stereocenters. The lowest BCUT2D eigenvalue weighted by Gasteiger charge is -2.26. The Kier molecular flexibility index (Phi) is 4.18. The maximum atomic E-state index is 12.8. The van der Waals surface area contributed by atoms with Gasteiger partial charge in [0.2, 0.25) is 6.79 Å². The van der Waals surface area contributed by atoms with Crippen LogP contribution < -0.4 is 19.7 Å². The first-order valence-corrected chi connectivity index (χ1v) is 8.16. The molecule has 2 heterocycles. The van der Waals surface area contributed by atoms with Gasteiger partial charge in [-0.2, -0.15) is 0 Å². The van der Waals surface area contributed by atoms with Gasteiger partial charge in [-0.1, -0.05) is 42.5 Å².